The van der Waals surface area contributed by atoms with Crippen LogP contribution in [0.4, 0.5) is 0 Å². The van der Waals surface area contributed by atoms with Gasteiger partial charge in [0.25, 0.3) is 0 Å². The van der Waals surface area contributed by atoms with Crippen LogP contribution in [0.2, 0.25) is 0 Å². The van der Waals surface area contributed by atoms with Gasteiger partial charge in [0.15, 0.2) is 0 Å². The number of nitrogens with one attached hydrogen (secondary N) is 2. The van der Waals surface area contributed by atoms with Crippen molar-refractivity contribution in [3.05, 3.63) is 23.8 Å². The van der Waals surface area contributed by atoms with Gasteiger partial charge in [-0.3, -0.25) is 10.2 Å². The molecule has 91 valence electrons. The first kappa shape index (κ1) is 13.0. The van der Waals surface area contributed by atoms with E-state index in [0.29, 0.717) is 17.9 Å². The summed E-state index contributed by atoms with van der Waals surface area (Å²) in [4.78, 5) is 10.1. The molecule has 0 saturated carbocycles. The highest BCUT2D eigenvalue weighted by molar-refractivity contribution is 5.84. The molecule has 0 saturated heterocycles. The Morgan fingerprint density at radius 1 is 1.35 bits per heavy atom. The van der Waals surface area contributed by atoms with Crippen molar-refractivity contribution in [1.82, 2.24) is 5.32 Å². The number of ether oxygens (including phenoxy) is 2. The third-order valence-electron chi connectivity index (χ3n) is 2.26. The minimum absolute atomic E-state index is 0.0102. The van der Waals surface area contributed by atoms with E-state index in [1.807, 2.05) is 6.07 Å². The molecule has 0 atom stereocenters. The number of hydrogen-bond acceptors (Lipinski definition) is 4. The maximum atomic E-state index is 10.1. The van der Waals surface area contributed by atoms with Gasteiger partial charge in [0.2, 0.25) is 6.29 Å². The molecule has 1 aromatic carbocycles. The van der Waals surface area contributed by atoms with Gasteiger partial charge in [0.05, 0.1) is 26.6 Å². The maximum Gasteiger partial charge on any atom is 0.219 e. The first-order valence-electron chi connectivity index (χ1n) is 5.09. The molecule has 1 radical (unpaired) electrons. The van der Waals surface area contributed by atoms with E-state index in [1.165, 1.54) is 0 Å². The minimum atomic E-state index is 0.0102. The van der Waals surface area contributed by atoms with Crippen LogP contribution in [0.15, 0.2) is 18.2 Å². The predicted octanol–water partition coefficient (Wildman–Crippen LogP) is 0.923. The average molecular weight is 235 g/mol. The smallest absolute Gasteiger partial charge is 0.219 e. The van der Waals surface area contributed by atoms with Gasteiger partial charge in [-0.05, 0) is 12.1 Å². The van der Waals surface area contributed by atoms with Gasteiger partial charge in [0, 0.05) is 12.0 Å². The molecule has 5 heteroatoms. The highest BCUT2D eigenvalue weighted by Crippen LogP contribution is 2.28. The normalized spacial score (nSPS) is 9.53. The Morgan fingerprint density at radius 3 is 2.41 bits per heavy atom. The lowest BCUT2D eigenvalue weighted by atomic mass is 10.1. The van der Waals surface area contributed by atoms with Crippen molar-refractivity contribution in [3.8, 4) is 11.5 Å². The molecule has 5 nitrogen and oxygen atoms in total. The Hall–Kier alpha value is -2.04. The molecule has 0 fully saturated rings. The van der Waals surface area contributed by atoms with Crippen LogP contribution < -0.4 is 14.8 Å². The number of amidine groups is 1. The highest BCUT2D eigenvalue weighted by atomic mass is 16.5. The number of benzene rings is 1. The first-order chi connectivity index (χ1) is 8.22. The molecule has 0 heterocycles. The molecular weight excluding hydrogens is 220 g/mol. The molecule has 0 aliphatic rings. The highest BCUT2D eigenvalue weighted by Gasteiger charge is 2.11. The second-order valence-corrected chi connectivity index (χ2v) is 3.29. The molecule has 0 aromatic heterocycles. The van der Waals surface area contributed by atoms with Gasteiger partial charge in [-0.1, -0.05) is 6.07 Å². The first-order valence-corrected chi connectivity index (χ1v) is 5.09. The Balaban J connectivity index is 2.87. The second kappa shape index (κ2) is 6.52. The van der Waals surface area contributed by atoms with Gasteiger partial charge >= 0.3 is 0 Å². The fourth-order valence-corrected chi connectivity index (χ4v) is 1.48. The van der Waals surface area contributed by atoms with Crippen molar-refractivity contribution in [2.75, 3.05) is 20.8 Å². The van der Waals surface area contributed by atoms with E-state index in [-0.39, 0.29) is 12.4 Å². The van der Waals surface area contributed by atoms with Crippen LogP contribution in [0.25, 0.3) is 0 Å². The van der Waals surface area contributed by atoms with Crippen molar-refractivity contribution in [1.29, 1.82) is 5.41 Å². The van der Waals surface area contributed by atoms with Crippen molar-refractivity contribution in [2.45, 2.75) is 6.42 Å². The van der Waals surface area contributed by atoms with Crippen molar-refractivity contribution in [3.63, 3.8) is 0 Å². The molecule has 0 bridgehead atoms. The van der Waals surface area contributed by atoms with E-state index in [9.17, 15) is 4.79 Å². The van der Waals surface area contributed by atoms with Gasteiger partial charge in [-0.2, -0.15) is 0 Å². The third-order valence-corrected chi connectivity index (χ3v) is 2.26. The summed E-state index contributed by atoms with van der Waals surface area (Å²) >= 11 is 0. The summed E-state index contributed by atoms with van der Waals surface area (Å²) in [6.45, 7) is 0.0102. The van der Waals surface area contributed by atoms with Crippen LogP contribution in [0.1, 0.15) is 5.56 Å². The zero-order valence-corrected chi connectivity index (χ0v) is 9.87. The molecule has 0 aliphatic heterocycles. The fourth-order valence-electron chi connectivity index (χ4n) is 1.48. The Bertz CT molecular complexity index is 382. The van der Waals surface area contributed by atoms with Gasteiger partial charge < -0.3 is 14.8 Å². The molecule has 0 aliphatic carbocycles. The summed E-state index contributed by atoms with van der Waals surface area (Å²) in [7, 11) is 3.13. The zero-order chi connectivity index (χ0) is 12.7. The SMILES string of the molecule is COc1cccc(OC)c1CC(=N)NC[C]=O. The average Bonchev–Trinajstić information content (AvgIpc) is 2.36. The number of rotatable bonds is 6. The lowest BCUT2D eigenvalue weighted by Crippen LogP contribution is -2.26. The summed E-state index contributed by atoms with van der Waals surface area (Å²) in [5, 5.41) is 10.3. The molecule has 0 unspecified atom stereocenters. The van der Waals surface area contributed by atoms with Gasteiger partial charge in [-0.25, -0.2) is 0 Å². The van der Waals surface area contributed by atoms with Crippen LogP contribution in [0.3, 0.4) is 0 Å². The van der Waals surface area contributed by atoms with Crippen LogP contribution in [-0.4, -0.2) is 32.9 Å². The van der Waals surface area contributed by atoms with Crippen LogP contribution >= 0.6 is 0 Å². The number of methoxy groups -OCH3 is 2. The maximum absolute atomic E-state index is 10.1. The summed E-state index contributed by atoms with van der Waals surface area (Å²) < 4.78 is 10.4. The van der Waals surface area contributed by atoms with Gasteiger partial charge in [-0.15, -0.1) is 0 Å². The van der Waals surface area contributed by atoms with Crippen LogP contribution in [0.5, 0.6) is 11.5 Å². The molecular formula is C12H15N2O3. The molecule has 2 N–H and O–H groups in total. The Labute approximate surface area is 100 Å². The lowest BCUT2D eigenvalue weighted by Gasteiger charge is -2.13. The second-order valence-electron chi connectivity index (χ2n) is 3.29. The minimum Gasteiger partial charge on any atom is -0.496 e. The Morgan fingerprint density at radius 2 is 1.94 bits per heavy atom. The van der Waals surface area contributed by atoms with Crippen molar-refractivity contribution < 1.29 is 14.3 Å². The molecule has 0 spiro atoms. The standard InChI is InChI=1S/C12H15N2O3/c1-16-10-4-3-5-11(17-2)9(10)8-12(13)14-6-7-15/h3-5H,6,8H2,1-2H3,(H2,13,14). The van der Waals surface area contributed by atoms with E-state index in [2.05, 4.69) is 5.32 Å². The number of hydrogen-bond donors (Lipinski definition) is 2. The quantitative estimate of drug-likeness (QED) is 0.568. The van der Waals surface area contributed by atoms with E-state index >= 15 is 0 Å². The fraction of sp³-hybridized carbons (Fsp3) is 0.333. The van der Waals surface area contributed by atoms with Crippen molar-refractivity contribution >= 4 is 12.1 Å². The summed E-state index contributed by atoms with van der Waals surface area (Å²) in [6.07, 6.45) is 1.99. The third kappa shape index (κ3) is 3.48. The molecule has 0 amide bonds. The van der Waals surface area contributed by atoms with Gasteiger partial charge in [0.1, 0.15) is 11.5 Å². The van der Waals surface area contributed by atoms with Crippen molar-refractivity contribution in [2.24, 2.45) is 0 Å². The largest absolute Gasteiger partial charge is 0.496 e. The summed E-state index contributed by atoms with van der Waals surface area (Å²) in [5.74, 6) is 1.54. The molecule has 1 rings (SSSR count). The summed E-state index contributed by atoms with van der Waals surface area (Å²) in [6, 6.07) is 5.42. The number of carbonyl (C=O) groups excluding carboxylic acids is 1. The van der Waals surface area contributed by atoms with E-state index < -0.39 is 0 Å². The van der Waals surface area contributed by atoms with Crippen LogP contribution in [-0.2, 0) is 11.2 Å². The Kier molecular flexibility index (Phi) is 5.00. The monoisotopic (exact) mass is 235 g/mol. The van der Waals surface area contributed by atoms with E-state index in [4.69, 9.17) is 14.9 Å². The predicted molar refractivity (Wildman–Crippen MR) is 64.7 cm³/mol. The lowest BCUT2D eigenvalue weighted by molar-refractivity contribution is 0.387. The topological polar surface area (TPSA) is 71.4 Å². The van der Waals surface area contributed by atoms with Crippen LogP contribution in [0, 0.1) is 5.41 Å². The van der Waals surface area contributed by atoms with E-state index in [1.54, 1.807) is 32.6 Å². The molecule has 17 heavy (non-hydrogen) atoms. The zero-order valence-electron chi connectivity index (χ0n) is 9.87. The summed E-state index contributed by atoms with van der Waals surface area (Å²) in [5.41, 5.74) is 0.779. The molecule has 1 aromatic rings. The van der Waals surface area contributed by atoms with E-state index in [0.717, 1.165) is 5.56 Å².